The number of carbonyl (C=O) groups is 2. The van der Waals surface area contributed by atoms with Crippen LogP contribution in [0.25, 0.3) is 0 Å². The fraction of sp³-hybridized carbons (Fsp3) is 0.467. The van der Waals surface area contributed by atoms with Crippen LogP contribution in [0.3, 0.4) is 0 Å². The maximum Gasteiger partial charge on any atom is 0.405 e. The standard InChI is InChI=1S/C15H19F3N2O5S/c1-10(13(21)19-9-15(16,17)18)25-14(22)12-5-3-11(4-6-12)7-8-20-26(2,23)24/h3-6,10,20H,7-9H2,1-2H3,(H,19,21). The first-order chi connectivity index (χ1) is 11.9. The molecule has 1 atom stereocenters. The molecule has 1 amide bonds. The number of alkyl halides is 3. The third kappa shape index (κ3) is 8.81. The molecule has 0 aliphatic carbocycles. The molecule has 0 bridgehead atoms. The molecule has 1 rings (SSSR count). The van der Waals surface area contributed by atoms with E-state index in [9.17, 15) is 31.2 Å². The predicted molar refractivity (Wildman–Crippen MR) is 86.9 cm³/mol. The minimum atomic E-state index is -4.55. The summed E-state index contributed by atoms with van der Waals surface area (Å²) in [5, 5.41) is 1.63. The summed E-state index contributed by atoms with van der Waals surface area (Å²) in [5.74, 6) is -1.92. The van der Waals surface area contributed by atoms with Crippen LogP contribution in [0.5, 0.6) is 0 Å². The molecule has 1 aromatic carbocycles. The van der Waals surface area contributed by atoms with Crippen LogP contribution in [0, 0.1) is 0 Å². The van der Waals surface area contributed by atoms with E-state index < -0.39 is 40.7 Å². The van der Waals surface area contributed by atoms with Gasteiger partial charge in [0.2, 0.25) is 10.0 Å². The van der Waals surface area contributed by atoms with Crippen molar-refractivity contribution in [2.24, 2.45) is 0 Å². The Labute approximate surface area is 149 Å². The summed E-state index contributed by atoms with van der Waals surface area (Å²) in [6, 6.07) is 5.99. The number of esters is 1. The van der Waals surface area contributed by atoms with Crippen molar-refractivity contribution in [3.8, 4) is 0 Å². The van der Waals surface area contributed by atoms with Crippen LogP contribution in [-0.2, 0) is 26.0 Å². The van der Waals surface area contributed by atoms with Gasteiger partial charge in [0.1, 0.15) is 6.54 Å². The Morgan fingerprint density at radius 2 is 1.77 bits per heavy atom. The largest absolute Gasteiger partial charge is 0.449 e. The quantitative estimate of drug-likeness (QED) is 0.639. The molecular formula is C15H19F3N2O5S. The topological polar surface area (TPSA) is 102 Å². The van der Waals surface area contributed by atoms with Gasteiger partial charge in [-0.1, -0.05) is 12.1 Å². The Morgan fingerprint density at radius 3 is 2.27 bits per heavy atom. The number of sulfonamides is 1. The van der Waals surface area contributed by atoms with Crippen molar-refractivity contribution in [2.75, 3.05) is 19.3 Å². The smallest absolute Gasteiger partial charge is 0.405 e. The second kappa shape index (κ2) is 8.99. The van der Waals surface area contributed by atoms with Crippen molar-refractivity contribution in [2.45, 2.75) is 25.6 Å². The van der Waals surface area contributed by atoms with Crippen molar-refractivity contribution >= 4 is 21.9 Å². The van der Waals surface area contributed by atoms with Gasteiger partial charge in [-0.15, -0.1) is 0 Å². The minimum Gasteiger partial charge on any atom is -0.449 e. The molecular weight excluding hydrogens is 377 g/mol. The first kappa shape index (κ1) is 21.9. The second-order valence-corrected chi connectivity index (χ2v) is 7.33. The highest BCUT2D eigenvalue weighted by Crippen LogP contribution is 2.13. The summed E-state index contributed by atoms with van der Waals surface area (Å²) in [7, 11) is -3.28. The summed E-state index contributed by atoms with van der Waals surface area (Å²) in [6.45, 7) is -0.155. The highest BCUT2D eigenvalue weighted by Gasteiger charge is 2.29. The van der Waals surface area contributed by atoms with Gasteiger partial charge in [-0.3, -0.25) is 4.79 Å². The summed E-state index contributed by atoms with van der Waals surface area (Å²) < 4.78 is 65.2. The van der Waals surface area contributed by atoms with Gasteiger partial charge in [0.15, 0.2) is 6.10 Å². The van der Waals surface area contributed by atoms with Gasteiger partial charge in [0, 0.05) is 6.54 Å². The van der Waals surface area contributed by atoms with Crippen LogP contribution in [0.15, 0.2) is 24.3 Å². The zero-order chi connectivity index (χ0) is 20.0. The van der Waals surface area contributed by atoms with E-state index in [1.54, 1.807) is 17.4 Å². The van der Waals surface area contributed by atoms with E-state index in [1.165, 1.54) is 12.1 Å². The maximum absolute atomic E-state index is 12.0. The van der Waals surface area contributed by atoms with Gasteiger partial charge in [-0.25, -0.2) is 17.9 Å². The number of halogens is 3. The molecule has 2 N–H and O–H groups in total. The van der Waals surface area contributed by atoms with Crippen molar-refractivity contribution in [1.29, 1.82) is 0 Å². The Bertz CT molecular complexity index is 733. The SMILES string of the molecule is CC(OC(=O)c1ccc(CCNS(C)(=O)=O)cc1)C(=O)NCC(F)(F)F. The van der Waals surface area contributed by atoms with Crippen LogP contribution in [0.2, 0.25) is 0 Å². The van der Waals surface area contributed by atoms with Crippen LogP contribution in [0.1, 0.15) is 22.8 Å². The van der Waals surface area contributed by atoms with E-state index in [1.807, 2.05) is 0 Å². The molecule has 0 saturated heterocycles. The molecule has 0 fully saturated rings. The van der Waals surface area contributed by atoms with E-state index in [-0.39, 0.29) is 12.1 Å². The molecule has 0 spiro atoms. The average molecular weight is 396 g/mol. The Balaban J connectivity index is 2.53. The molecule has 0 radical (unpaired) electrons. The van der Waals surface area contributed by atoms with Crippen molar-refractivity contribution in [3.05, 3.63) is 35.4 Å². The van der Waals surface area contributed by atoms with E-state index in [2.05, 4.69) is 4.72 Å². The van der Waals surface area contributed by atoms with Gasteiger partial charge >= 0.3 is 12.1 Å². The lowest BCUT2D eigenvalue weighted by Crippen LogP contribution is -2.40. The molecule has 0 aliphatic rings. The monoisotopic (exact) mass is 396 g/mol. The lowest BCUT2D eigenvalue weighted by atomic mass is 10.1. The van der Waals surface area contributed by atoms with Gasteiger partial charge in [0.05, 0.1) is 11.8 Å². The van der Waals surface area contributed by atoms with Crippen molar-refractivity contribution in [3.63, 3.8) is 0 Å². The van der Waals surface area contributed by atoms with E-state index in [0.717, 1.165) is 18.7 Å². The van der Waals surface area contributed by atoms with Crippen LogP contribution < -0.4 is 10.0 Å². The Morgan fingerprint density at radius 1 is 1.19 bits per heavy atom. The number of hydrogen-bond acceptors (Lipinski definition) is 5. The number of ether oxygens (including phenoxy) is 1. The summed E-state index contributed by atoms with van der Waals surface area (Å²) in [4.78, 5) is 23.4. The lowest BCUT2D eigenvalue weighted by Gasteiger charge is -2.14. The first-order valence-corrected chi connectivity index (χ1v) is 9.35. The first-order valence-electron chi connectivity index (χ1n) is 7.46. The molecule has 1 aromatic rings. The van der Waals surface area contributed by atoms with Crippen LogP contribution in [-0.4, -0.2) is 51.9 Å². The minimum absolute atomic E-state index is 0.111. The van der Waals surface area contributed by atoms with Crippen molar-refractivity contribution < 1.29 is 35.9 Å². The zero-order valence-corrected chi connectivity index (χ0v) is 14.9. The summed E-state index contributed by atoms with van der Waals surface area (Å²) in [6.07, 6.45) is -4.50. The number of benzene rings is 1. The number of carbonyl (C=O) groups excluding carboxylic acids is 2. The van der Waals surface area contributed by atoms with Gasteiger partial charge < -0.3 is 10.1 Å². The summed E-state index contributed by atoms with van der Waals surface area (Å²) in [5.41, 5.74) is 0.869. The predicted octanol–water partition coefficient (Wildman–Crippen LogP) is 1.00. The number of nitrogens with one attached hydrogen (secondary N) is 2. The Kier molecular flexibility index (Phi) is 7.57. The molecule has 26 heavy (non-hydrogen) atoms. The van der Waals surface area contributed by atoms with Gasteiger partial charge in [0.25, 0.3) is 5.91 Å². The van der Waals surface area contributed by atoms with Gasteiger partial charge in [-0.05, 0) is 31.0 Å². The third-order valence-electron chi connectivity index (χ3n) is 3.08. The van der Waals surface area contributed by atoms with Crippen LogP contribution >= 0.6 is 0 Å². The highest BCUT2D eigenvalue weighted by atomic mass is 32.2. The molecule has 0 saturated carbocycles. The fourth-order valence-corrected chi connectivity index (χ4v) is 2.27. The van der Waals surface area contributed by atoms with Crippen molar-refractivity contribution in [1.82, 2.24) is 10.0 Å². The molecule has 0 aliphatic heterocycles. The molecule has 146 valence electrons. The molecule has 11 heteroatoms. The molecule has 0 aromatic heterocycles. The number of hydrogen-bond donors (Lipinski definition) is 2. The molecule has 1 unspecified atom stereocenters. The number of amides is 1. The van der Waals surface area contributed by atoms with E-state index >= 15 is 0 Å². The number of rotatable bonds is 8. The highest BCUT2D eigenvalue weighted by molar-refractivity contribution is 7.88. The second-order valence-electron chi connectivity index (χ2n) is 5.49. The van der Waals surface area contributed by atoms with E-state index in [0.29, 0.717) is 6.42 Å². The third-order valence-corrected chi connectivity index (χ3v) is 3.81. The van der Waals surface area contributed by atoms with E-state index in [4.69, 9.17) is 4.74 Å². The zero-order valence-electron chi connectivity index (χ0n) is 14.1. The maximum atomic E-state index is 12.0. The molecule has 7 nitrogen and oxygen atoms in total. The summed E-state index contributed by atoms with van der Waals surface area (Å²) >= 11 is 0. The molecule has 0 heterocycles. The average Bonchev–Trinajstić information content (AvgIpc) is 2.51. The van der Waals surface area contributed by atoms with Crippen LogP contribution in [0.4, 0.5) is 13.2 Å². The Hall–Kier alpha value is -2.14. The lowest BCUT2D eigenvalue weighted by molar-refractivity contribution is -0.143. The normalized spacial score (nSPS) is 13.1. The fourth-order valence-electron chi connectivity index (χ4n) is 1.80. The van der Waals surface area contributed by atoms with Gasteiger partial charge in [-0.2, -0.15) is 13.2 Å².